The van der Waals surface area contributed by atoms with Gasteiger partial charge in [-0.2, -0.15) is 5.10 Å². The van der Waals surface area contributed by atoms with Crippen molar-refractivity contribution >= 4 is 44.9 Å². The van der Waals surface area contributed by atoms with Crippen molar-refractivity contribution in [3.8, 4) is 0 Å². The lowest BCUT2D eigenvalue weighted by atomic mass is 9.94. The Morgan fingerprint density at radius 1 is 1.23 bits per heavy atom. The molecule has 2 N–H and O–H groups in total. The quantitative estimate of drug-likeness (QED) is 0.679. The van der Waals surface area contributed by atoms with Crippen LogP contribution in [0.15, 0.2) is 33.5 Å². The fourth-order valence-corrected chi connectivity index (χ4v) is 3.48. The molecule has 5 nitrogen and oxygen atoms in total. The molecule has 1 saturated heterocycles. The summed E-state index contributed by atoms with van der Waals surface area (Å²) in [5, 5.41) is 9.01. The Bertz CT molecular complexity index is 882. The van der Waals surface area contributed by atoms with E-state index in [0.29, 0.717) is 5.92 Å². The molecule has 1 aliphatic heterocycles. The van der Waals surface area contributed by atoms with Gasteiger partial charge >= 0.3 is 0 Å². The van der Waals surface area contributed by atoms with E-state index in [1.54, 1.807) is 6.07 Å². The van der Waals surface area contributed by atoms with Crippen molar-refractivity contribution < 1.29 is 0 Å². The van der Waals surface area contributed by atoms with E-state index in [0.717, 1.165) is 52.6 Å². The third-order valence-corrected chi connectivity index (χ3v) is 4.65. The molecular weight excluding hydrogens is 368 g/mol. The van der Waals surface area contributed by atoms with Crippen molar-refractivity contribution in [3.05, 3.63) is 44.8 Å². The van der Waals surface area contributed by atoms with E-state index in [2.05, 4.69) is 31.3 Å². The molecule has 0 saturated carbocycles. The standard InChI is InChI=1S/C15H15BrN4O.ClH/c16-10-1-2-12-11(7-10)15-18-14(21)8-13(20(15)19-12)9-3-5-17-6-4-9;/h1-2,7-9,17H,3-6H2,(H,18,21);1H. The lowest BCUT2D eigenvalue weighted by Gasteiger charge is -2.23. The number of piperidine rings is 1. The average molecular weight is 384 g/mol. The minimum atomic E-state index is -0.0576. The molecule has 116 valence electrons. The summed E-state index contributed by atoms with van der Waals surface area (Å²) in [5.41, 5.74) is 2.64. The zero-order chi connectivity index (χ0) is 14.4. The maximum atomic E-state index is 12.0. The minimum absolute atomic E-state index is 0. The Hall–Kier alpha value is -1.37. The van der Waals surface area contributed by atoms with Crippen molar-refractivity contribution in [1.29, 1.82) is 0 Å². The molecule has 1 aliphatic rings. The van der Waals surface area contributed by atoms with Crippen molar-refractivity contribution in [2.24, 2.45) is 0 Å². The first-order valence-electron chi connectivity index (χ1n) is 7.14. The molecule has 3 heterocycles. The van der Waals surface area contributed by atoms with Crippen LogP contribution in [0.1, 0.15) is 24.5 Å². The van der Waals surface area contributed by atoms with Crippen LogP contribution in [0.25, 0.3) is 16.6 Å². The van der Waals surface area contributed by atoms with Crippen LogP contribution in [0, 0.1) is 0 Å². The van der Waals surface area contributed by atoms with Crippen LogP contribution in [0.3, 0.4) is 0 Å². The molecular formula is C15H16BrClN4O. The lowest BCUT2D eigenvalue weighted by molar-refractivity contribution is 0.446. The first-order chi connectivity index (χ1) is 10.2. The molecule has 7 heteroatoms. The second-order valence-corrected chi connectivity index (χ2v) is 6.42. The Balaban J connectivity index is 0.00000144. The van der Waals surface area contributed by atoms with Gasteiger partial charge in [-0.25, -0.2) is 4.52 Å². The van der Waals surface area contributed by atoms with E-state index in [4.69, 9.17) is 0 Å². The summed E-state index contributed by atoms with van der Waals surface area (Å²) < 4.78 is 2.90. The molecule has 0 bridgehead atoms. The zero-order valence-corrected chi connectivity index (χ0v) is 14.2. The molecule has 0 unspecified atom stereocenters. The van der Waals surface area contributed by atoms with Gasteiger partial charge in [0.2, 0.25) is 0 Å². The second-order valence-electron chi connectivity index (χ2n) is 5.50. The van der Waals surface area contributed by atoms with Gasteiger partial charge < -0.3 is 10.3 Å². The summed E-state index contributed by atoms with van der Waals surface area (Å²) in [7, 11) is 0. The predicted molar refractivity (Wildman–Crippen MR) is 93.1 cm³/mol. The highest BCUT2D eigenvalue weighted by Gasteiger charge is 2.20. The van der Waals surface area contributed by atoms with Gasteiger partial charge in [-0.05, 0) is 44.1 Å². The van der Waals surface area contributed by atoms with Gasteiger partial charge in [-0.3, -0.25) is 4.79 Å². The Morgan fingerprint density at radius 3 is 2.77 bits per heavy atom. The smallest absolute Gasteiger partial charge is 0.251 e. The molecule has 22 heavy (non-hydrogen) atoms. The summed E-state index contributed by atoms with van der Waals surface area (Å²) >= 11 is 3.48. The second kappa shape index (κ2) is 6.02. The lowest BCUT2D eigenvalue weighted by Crippen LogP contribution is -2.28. The van der Waals surface area contributed by atoms with E-state index in [9.17, 15) is 4.79 Å². The van der Waals surface area contributed by atoms with E-state index < -0.39 is 0 Å². The summed E-state index contributed by atoms with van der Waals surface area (Å²) in [4.78, 5) is 15.0. The number of H-pyrrole nitrogens is 1. The van der Waals surface area contributed by atoms with Crippen molar-refractivity contribution in [3.63, 3.8) is 0 Å². The van der Waals surface area contributed by atoms with E-state index in [1.165, 1.54) is 0 Å². The number of hydrogen-bond acceptors (Lipinski definition) is 3. The van der Waals surface area contributed by atoms with Crippen LogP contribution in [0.4, 0.5) is 0 Å². The summed E-state index contributed by atoms with van der Waals surface area (Å²) in [6, 6.07) is 7.64. The van der Waals surface area contributed by atoms with E-state index in [-0.39, 0.29) is 18.0 Å². The monoisotopic (exact) mass is 382 g/mol. The van der Waals surface area contributed by atoms with E-state index in [1.807, 2.05) is 22.7 Å². The van der Waals surface area contributed by atoms with Crippen molar-refractivity contribution in [1.82, 2.24) is 19.9 Å². The molecule has 0 radical (unpaired) electrons. The largest absolute Gasteiger partial charge is 0.317 e. The molecule has 0 aliphatic carbocycles. The number of halogens is 2. The number of hydrogen-bond donors (Lipinski definition) is 2. The van der Waals surface area contributed by atoms with Crippen LogP contribution in [-0.2, 0) is 0 Å². The van der Waals surface area contributed by atoms with Crippen LogP contribution in [-0.4, -0.2) is 27.7 Å². The first-order valence-corrected chi connectivity index (χ1v) is 7.93. The molecule has 4 rings (SSSR count). The molecule has 1 aromatic carbocycles. The SMILES string of the molecule is Cl.O=c1cc(C2CCNCC2)n2nc3ccc(Br)cc3c2[nH]1. The van der Waals surface area contributed by atoms with E-state index >= 15 is 0 Å². The summed E-state index contributed by atoms with van der Waals surface area (Å²) in [6.07, 6.45) is 2.08. The van der Waals surface area contributed by atoms with Gasteiger partial charge in [0, 0.05) is 21.8 Å². The molecule has 3 aromatic rings. The number of aromatic amines is 1. The Morgan fingerprint density at radius 2 is 2.00 bits per heavy atom. The van der Waals surface area contributed by atoms with Crippen molar-refractivity contribution in [2.75, 3.05) is 13.1 Å². The predicted octanol–water partition coefficient (Wildman–Crippen LogP) is 2.83. The highest BCUT2D eigenvalue weighted by atomic mass is 79.9. The topological polar surface area (TPSA) is 62.2 Å². The van der Waals surface area contributed by atoms with Gasteiger partial charge in [0.25, 0.3) is 5.56 Å². The normalized spacial score (nSPS) is 16.0. The third-order valence-electron chi connectivity index (χ3n) is 4.16. The summed E-state index contributed by atoms with van der Waals surface area (Å²) in [6.45, 7) is 1.98. The molecule has 0 spiro atoms. The van der Waals surface area contributed by atoms with Crippen LogP contribution < -0.4 is 10.9 Å². The molecule has 0 amide bonds. The highest BCUT2D eigenvalue weighted by molar-refractivity contribution is 9.10. The number of nitrogens with zero attached hydrogens (tertiary/aromatic N) is 2. The molecule has 1 fully saturated rings. The van der Waals surface area contributed by atoms with Crippen LogP contribution >= 0.6 is 28.3 Å². The molecule has 2 aromatic heterocycles. The molecule has 0 atom stereocenters. The van der Waals surface area contributed by atoms with Crippen molar-refractivity contribution in [2.45, 2.75) is 18.8 Å². The van der Waals surface area contributed by atoms with Crippen LogP contribution in [0.5, 0.6) is 0 Å². The number of benzene rings is 1. The van der Waals surface area contributed by atoms with Gasteiger partial charge in [0.15, 0.2) is 0 Å². The number of aromatic nitrogens is 3. The fourth-order valence-electron chi connectivity index (χ4n) is 3.12. The van der Waals surface area contributed by atoms with Gasteiger partial charge in [-0.1, -0.05) is 15.9 Å². The van der Waals surface area contributed by atoms with Crippen LogP contribution in [0.2, 0.25) is 0 Å². The van der Waals surface area contributed by atoms with Gasteiger partial charge in [0.05, 0.1) is 11.2 Å². The minimum Gasteiger partial charge on any atom is -0.317 e. The fraction of sp³-hybridized carbons (Fsp3) is 0.333. The Labute approximate surface area is 141 Å². The highest BCUT2D eigenvalue weighted by Crippen LogP contribution is 2.27. The van der Waals surface area contributed by atoms with Gasteiger partial charge in [-0.15, -0.1) is 12.4 Å². The zero-order valence-electron chi connectivity index (χ0n) is 11.8. The Kier molecular flexibility index (Phi) is 4.25. The number of rotatable bonds is 1. The van der Waals surface area contributed by atoms with Gasteiger partial charge in [0.1, 0.15) is 5.65 Å². The number of fused-ring (bicyclic) bond motifs is 3. The average Bonchev–Trinajstić information content (AvgIpc) is 2.85. The third kappa shape index (κ3) is 2.55. The number of nitrogens with one attached hydrogen (secondary N) is 2. The summed E-state index contributed by atoms with van der Waals surface area (Å²) in [5.74, 6) is 0.383. The maximum absolute atomic E-state index is 12.0. The first kappa shape index (κ1) is 15.5. The maximum Gasteiger partial charge on any atom is 0.251 e.